The molecule has 0 aliphatic carbocycles. The first-order chi connectivity index (χ1) is 11.5. The lowest BCUT2D eigenvalue weighted by atomic mass is 10.1. The zero-order valence-corrected chi connectivity index (χ0v) is 15.4. The van der Waals surface area contributed by atoms with E-state index in [-0.39, 0.29) is 24.0 Å². The van der Waals surface area contributed by atoms with Crippen molar-refractivity contribution in [2.45, 2.75) is 26.1 Å². The Labute approximate surface area is 151 Å². The molecule has 2 aliphatic rings. The Morgan fingerprint density at radius 3 is 2.25 bits per heavy atom. The number of amides is 2. The van der Waals surface area contributed by atoms with Gasteiger partial charge < -0.3 is 9.64 Å². The van der Waals surface area contributed by atoms with Gasteiger partial charge in [0.15, 0.2) is 0 Å². The third-order valence-electron chi connectivity index (χ3n) is 4.10. The van der Waals surface area contributed by atoms with E-state index in [9.17, 15) is 9.59 Å². The number of ether oxygens (including phenoxy) is 1. The molecule has 0 bridgehead atoms. The smallest absolute Gasteiger partial charge is 0.261 e. The van der Waals surface area contributed by atoms with E-state index >= 15 is 0 Å². The van der Waals surface area contributed by atoms with Crippen molar-refractivity contribution in [2.75, 3.05) is 25.4 Å². The lowest BCUT2D eigenvalue weighted by Crippen LogP contribution is -2.47. The fraction of sp³-hybridized carbons (Fsp3) is 0.471. The van der Waals surface area contributed by atoms with E-state index in [0.29, 0.717) is 23.4 Å². The topological polar surface area (TPSA) is 49.9 Å². The largest absolute Gasteiger partial charge is 0.372 e. The van der Waals surface area contributed by atoms with Gasteiger partial charge in [-0.2, -0.15) is 0 Å². The predicted octanol–water partition coefficient (Wildman–Crippen LogP) is 2.41. The van der Waals surface area contributed by atoms with Crippen LogP contribution >= 0.6 is 24.0 Å². The van der Waals surface area contributed by atoms with Crippen molar-refractivity contribution in [1.29, 1.82) is 0 Å². The standard InChI is InChI=1S/C17H20N2O3S2/c1-11-9-18(10-12(2)22-11)17(23)24-8-7-19-15(20)13-5-3-4-6-14(13)16(19)21/h3-6,11-12H,7-10H2,1-2H3/t11-,12+. The summed E-state index contributed by atoms with van der Waals surface area (Å²) in [7, 11) is 0. The lowest BCUT2D eigenvalue weighted by molar-refractivity contribution is -0.0465. The van der Waals surface area contributed by atoms with Crippen LogP contribution in [0.5, 0.6) is 0 Å². The molecule has 1 aromatic carbocycles. The fourth-order valence-electron chi connectivity index (χ4n) is 3.08. The van der Waals surface area contributed by atoms with Crippen molar-refractivity contribution in [3.8, 4) is 0 Å². The van der Waals surface area contributed by atoms with Crippen LogP contribution < -0.4 is 0 Å². The molecule has 1 aromatic rings. The molecule has 0 aromatic heterocycles. The number of imide groups is 1. The van der Waals surface area contributed by atoms with Gasteiger partial charge in [0.2, 0.25) is 0 Å². The first kappa shape index (κ1) is 17.4. The molecule has 2 atom stereocenters. The molecular formula is C17H20N2O3S2. The van der Waals surface area contributed by atoms with Crippen LogP contribution in [-0.4, -0.2) is 63.5 Å². The van der Waals surface area contributed by atoms with E-state index in [4.69, 9.17) is 17.0 Å². The van der Waals surface area contributed by atoms with Gasteiger partial charge in [-0.1, -0.05) is 36.1 Å². The van der Waals surface area contributed by atoms with Gasteiger partial charge in [-0.3, -0.25) is 14.5 Å². The second-order valence-corrected chi connectivity index (χ2v) is 7.81. The molecule has 0 spiro atoms. The number of carbonyl (C=O) groups is 2. The predicted molar refractivity (Wildman–Crippen MR) is 98.4 cm³/mol. The second-order valence-electron chi connectivity index (χ2n) is 6.08. The first-order valence-electron chi connectivity index (χ1n) is 7.99. The summed E-state index contributed by atoms with van der Waals surface area (Å²) in [6.07, 6.45) is 0.312. The molecule has 1 fully saturated rings. The zero-order valence-electron chi connectivity index (χ0n) is 13.7. The molecule has 5 nitrogen and oxygen atoms in total. The Morgan fingerprint density at radius 2 is 1.71 bits per heavy atom. The highest BCUT2D eigenvalue weighted by atomic mass is 32.2. The highest BCUT2D eigenvalue weighted by Gasteiger charge is 2.34. The van der Waals surface area contributed by atoms with Crippen molar-refractivity contribution in [1.82, 2.24) is 9.80 Å². The van der Waals surface area contributed by atoms with Gasteiger partial charge in [0.1, 0.15) is 4.32 Å². The highest BCUT2D eigenvalue weighted by Crippen LogP contribution is 2.23. The summed E-state index contributed by atoms with van der Waals surface area (Å²) in [6.45, 7) is 6.00. The minimum Gasteiger partial charge on any atom is -0.372 e. The second kappa shape index (κ2) is 7.21. The van der Waals surface area contributed by atoms with Gasteiger partial charge in [-0.25, -0.2) is 0 Å². The van der Waals surface area contributed by atoms with E-state index in [1.165, 1.54) is 16.7 Å². The average Bonchev–Trinajstić information content (AvgIpc) is 2.79. The van der Waals surface area contributed by atoms with Crippen LogP contribution in [0, 0.1) is 0 Å². The maximum absolute atomic E-state index is 12.3. The minimum absolute atomic E-state index is 0.156. The van der Waals surface area contributed by atoms with Gasteiger partial charge in [0.25, 0.3) is 11.8 Å². The molecule has 7 heteroatoms. The van der Waals surface area contributed by atoms with Gasteiger partial charge in [0, 0.05) is 25.4 Å². The Morgan fingerprint density at radius 1 is 1.17 bits per heavy atom. The van der Waals surface area contributed by atoms with Crippen molar-refractivity contribution < 1.29 is 14.3 Å². The quantitative estimate of drug-likeness (QED) is 0.606. The molecule has 1 saturated heterocycles. The lowest BCUT2D eigenvalue weighted by Gasteiger charge is -2.36. The van der Waals surface area contributed by atoms with Crippen LogP contribution in [0.25, 0.3) is 0 Å². The van der Waals surface area contributed by atoms with Gasteiger partial charge in [-0.05, 0) is 26.0 Å². The number of thioether (sulfide) groups is 1. The number of thiocarbonyl (C=S) groups is 1. The van der Waals surface area contributed by atoms with E-state index in [1.807, 2.05) is 13.8 Å². The molecule has 2 aliphatic heterocycles. The fourth-order valence-corrected chi connectivity index (χ4v) is 4.26. The summed E-state index contributed by atoms with van der Waals surface area (Å²) >= 11 is 7.01. The monoisotopic (exact) mass is 364 g/mol. The molecule has 3 rings (SSSR count). The molecule has 0 radical (unpaired) electrons. The summed E-state index contributed by atoms with van der Waals surface area (Å²) < 4.78 is 6.51. The number of morpholine rings is 1. The highest BCUT2D eigenvalue weighted by molar-refractivity contribution is 8.22. The van der Waals surface area contributed by atoms with Gasteiger partial charge in [0.05, 0.1) is 23.3 Å². The number of benzene rings is 1. The van der Waals surface area contributed by atoms with E-state index in [2.05, 4.69) is 4.90 Å². The van der Waals surface area contributed by atoms with Crippen LogP contribution in [-0.2, 0) is 4.74 Å². The number of nitrogens with zero attached hydrogens (tertiary/aromatic N) is 2. The number of fused-ring (bicyclic) bond motifs is 1. The molecule has 128 valence electrons. The maximum atomic E-state index is 12.3. The molecule has 2 heterocycles. The van der Waals surface area contributed by atoms with E-state index < -0.39 is 0 Å². The summed E-state index contributed by atoms with van der Waals surface area (Å²) in [4.78, 5) is 28.1. The first-order valence-corrected chi connectivity index (χ1v) is 9.39. The SMILES string of the molecule is C[C@@H]1CN(C(=S)SCCN2C(=O)c3ccccc3C2=O)C[C@H](C)O1. The van der Waals surface area contributed by atoms with Crippen LogP contribution in [0.15, 0.2) is 24.3 Å². The van der Waals surface area contributed by atoms with Gasteiger partial charge >= 0.3 is 0 Å². The van der Waals surface area contributed by atoms with Crippen molar-refractivity contribution in [3.63, 3.8) is 0 Å². The summed E-state index contributed by atoms with van der Waals surface area (Å²) in [5.74, 6) is 0.177. The number of hydrogen-bond donors (Lipinski definition) is 0. The zero-order chi connectivity index (χ0) is 17.3. The van der Waals surface area contributed by atoms with E-state index in [0.717, 1.165) is 17.4 Å². The third-order valence-corrected chi connectivity index (χ3v) is 5.60. The molecule has 0 N–H and O–H groups in total. The molecule has 0 unspecified atom stereocenters. The molecule has 2 amide bonds. The number of hydrogen-bond acceptors (Lipinski definition) is 5. The Kier molecular flexibility index (Phi) is 5.22. The average molecular weight is 364 g/mol. The number of rotatable bonds is 3. The molecular weight excluding hydrogens is 344 g/mol. The Hall–Kier alpha value is -1.44. The Balaban J connectivity index is 1.53. The minimum atomic E-state index is -0.212. The summed E-state index contributed by atoms with van der Waals surface area (Å²) in [6, 6.07) is 6.95. The van der Waals surface area contributed by atoms with E-state index in [1.54, 1.807) is 24.3 Å². The van der Waals surface area contributed by atoms with Crippen LogP contribution in [0.1, 0.15) is 34.6 Å². The summed E-state index contributed by atoms with van der Waals surface area (Å²) in [5.41, 5.74) is 0.983. The van der Waals surface area contributed by atoms with Crippen molar-refractivity contribution in [2.24, 2.45) is 0 Å². The Bertz CT molecular complexity index is 635. The van der Waals surface area contributed by atoms with Crippen molar-refractivity contribution >= 4 is 40.1 Å². The van der Waals surface area contributed by atoms with Gasteiger partial charge in [-0.15, -0.1) is 0 Å². The van der Waals surface area contributed by atoms with Crippen LogP contribution in [0.2, 0.25) is 0 Å². The third kappa shape index (κ3) is 3.48. The molecule has 0 saturated carbocycles. The summed E-state index contributed by atoms with van der Waals surface area (Å²) in [5, 5.41) is 0. The molecule has 24 heavy (non-hydrogen) atoms. The number of carbonyl (C=O) groups excluding carboxylic acids is 2. The van der Waals surface area contributed by atoms with Crippen molar-refractivity contribution in [3.05, 3.63) is 35.4 Å². The maximum Gasteiger partial charge on any atom is 0.261 e. The van der Waals surface area contributed by atoms with Crippen LogP contribution in [0.3, 0.4) is 0 Å². The van der Waals surface area contributed by atoms with Crippen LogP contribution in [0.4, 0.5) is 0 Å². The normalized spacial score (nSPS) is 23.6.